The maximum atomic E-state index is 12.7. The highest BCUT2D eigenvalue weighted by Crippen LogP contribution is 2.27. The number of hydrogen-bond donors (Lipinski definition) is 1. The van der Waals surface area contributed by atoms with Crippen LogP contribution in [0.5, 0.6) is 0 Å². The van der Waals surface area contributed by atoms with Crippen molar-refractivity contribution >= 4 is 41.6 Å². The lowest BCUT2D eigenvalue weighted by Crippen LogP contribution is -2.43. The number of halogens is 2. The van der Waals surface area contributed by atoms with Crippen LogP contribution in [0.25, 0.3) is 10.9 Å². The van der Waals surface area contributed by atoms with Crippen LogP contribution in [0.4, 0.5) is 0 Å². The Labute approximate surface area is 148 Å². The lowest BCUT2D eigenvalue weighted by Gasteiger charge is -2.34. The number of carbonyl (C=O) groups is 1. The third-order valence-electron chi connectivity index (χ3n) is 4.84. The van der Waals surface area contributed by atoms with E-state index in [1.165, 1.54) is 0 Å². The van der Waals surface area contributed by atoms with Crippen LogP contribution in [0, 0.1) is 11.8 Å². The molecule has 0 radical (unpaired) electrons. The van der Waals surface area contributed by atoms with Crippen molar-refractivity contribution in [2.45, 2.75) is 6.42 Å². The smallest absolute Gasteiger partial charge is 0.253 e. The molecule has 1 aromatic carbocycles. The highest BCUT2D eigenvalue weighted by molar-refractivity contribution is 5.98. The molecule has 1 aromatic heterocycles. The third kappa shape index (κ3) is 3.44. The first-order chi connectivity index (χ1) is 10.3. The summed E-state index contributed by atoms with van der Waals surface area (Å²) in [5.41, 5.74) is 1.72. The molecule has 23 heavy (non-hydrogen) atoms. The van der Waals surface area contributed by atoms with Gasteiger partial charge in [0.15, 0.2) is 0 Å². The molecule has 0 aliphatic carbocycles. The predicted molar refractivity (Wildman–Crippen MR) is 96.6 cm³/mol. The number of aromatic nitrogens is 1. The highest BCUT2D eigenvalue weighted by Gasteiger charge is 2.34. The van der Waals surface area contributed by atoms with E-state index >= 15 is 0 Å². The first kappa shape index (κ1) is 18.0. The molecule has 4 rings (SSSR count). The minimum Gasteiger partial charge on any atom is -0.338 e. The highest BCUT2D eigenvalue weighted by atomic mass is 35.5. The van der Waals surface area contributed by atoms with E-state index < -0.39 is 0 Å². The molecule has 2 atom stereocenters. The Morgan fingerprint density at radius 3 is 2.87 bits per heavy atom. The Kier molecular flexibility index (Phi) is 5.84. The number of likely N-dealkylation sites (tertiary alicyclic amines) is 1. The number of benzene rings is 1. The van der Waals surface area contributed by atoms with Crippen molar-refractivity contribution in [1.82, 2.24) is 15.2 Å². The van der Waals surface area contributed by atoms with E-state index in [1.54, 1.807) is 6.20 Å². The van der Waals surface area contributed by atoms with Crippen LogP contribution in [-0.2, 0) is 0 Å². The zero-order chi connectivity index (χ0) is 14.2. The number of nitrogens with zero attached hydrogens (tertiary/aromatic N) is 2. The summed E-state index contributed by atoms with van der Waals surface area (Å²) in [6.45, 7) is 3.94. The van der Waals surface area contributed by atoms with Crippen LogP contribution in [0.3, 0.4) is 0 Å². The Balaban J connectivity index is 0.000000960. The number of amides is 1. The molecule has 1 amide bonds. The molecule has 0 saturated carbocycles. The lowest BCUT2D eigenvalue weighted by molar-refractivity contribution is 0.0642. The maximum Gasteiger partial charge on any atom is 0.253 e. The summed E-state index contributed by atoms with van der Waals surface area (Å²) in [4.78, 5) is 19.0. The summed E-state index contributed by atoms with van der Waals surface area (Å²) < 4.78 is 0. The van der Waals surface area contributed by atoms with Gasteiger partial charge in [0, 0.05) is 30.2 Å². The molecule has 3 heterocycles. The Morgan fingerprint density at radius 1 is 1.17 bits per heavy atom. The molecule has 2 aliphatic rings. The molecule has 6 heteroatoms. The van der Waals surface area contributed by atoms with E-state index in [-0.39, 0.29) is 30.7 Å². The normalized spacial score (nSPS) is 22.9. The summed E-state index contributed by atoms with van der Waals surface area (Å²) >= 11 is 0. The molecule has 2 aromatic rings. The van der Waals surface area contributed by atoms with Gasteiger partial charge in [-0.3, -0.25) is 9.78 Å². The first-order valence-electron chi connectivity index (χ1n) is 7.66. The predicted octanol–water partition coefficient (Wildman–Crippen LogP) is 2.76. The number of rotatable bonds is 1. The fraction of sp³-hybridized carbons (Fsp3) is 0.412. The van der Waals surface area contributed by atoms with E-state index in [0.29, 0.717) is 5.92 Å². The van der Waals surface area contributed by atoms with Crippen molar-refractivity contribution in [3.05, 3.63) is 42.1 Å². The second-order valence-electron chi connectivity index (χ2n) is 6.13. The molecular weight excluding hydrogens is 333 g/mol. The molecular formula is C17H21Cl2N3O. The second-order valence-corrected chi connectivity index (χ2v) is 6.13. The zero-order valence-corrected chi connectivity index (χ0v) is 14.4. The molecule has 0 spiro atoms. The SMILES string of the molecule is Cl.Cl.O=C(c1ccc2ncccc2c1)N1CCC2CNCC2C1. The fourth-order valence-electron chi connectivity index (χ4n) is 3.61. The van der Waals surface area contributed by atoms with Crippen molar-refractivity contribution in [1.29, 1.82) is 0 Å². The quantitative estimate of drug-likeness (QED) is 0.857. The van der Waals surface area contributed by atoms with Gasteiger partial charge in [-0.2, -0.15) is 0 Å². The third-order valence-corrected chi connectivity index (χ3v) is 4.84. The van der Waals surface area contributed by atoms with Gasteiger partial charge in [0.1, 0.15) is 0 Å². The van der Waals surface area contributed by atoms with Crippen LogP contribution >= 0.6 is 24.8 Å². The van der Waals surface area contributed by atoms with Crippen molar-refractivity contribution in [3.8, 4) is 0 Å². The minimum atomic E-state index is 0. The van der Waals surface area contributed by atoms with Gasteiger partial charge in [0.2, 0.25) is 0 Å². The van der Waals surface area contributed by atoms with Crippen LogP contribution < -0.4 is 5.32 Å². The molecule has 2 saturated heterocycles. The molecule has 2 unspecified atom stereocenters. The zero-order valence-electron chi connectivity index (χ0n) is 12.8. The van der Waals surface area contributed by atoms with Gasteiger partial charge < -0.3 is 10.2 Å². The fourth-order valence-corrected chi connectivity index (χ4v) is 3.61. The van der Waals surface area contributed by atoms with Gasteiger partial charge in [0.25, 0.3) is 5.91 Å². The van der Waals surface area contributed by atoms with Gasteiger partial charge >= 0.3 is 0 Å². The number of hydrogen-bond acceptors (Lipinski definition) is 3. The van der Waals surface area contributed by atoms with E-state index in [1.807, 2.05) is 35.2 Å². The number of pyridine rings is 1. The van der Waals surface area contributed by atoms with Crippen molar-refractivity contribution in [3.63, 3.8) is 0 Å². The van der Waals surface area contributed by atoms with Crippen molar-refractivity contribution in [2.75, 3.05) is 26.2 Å². The van der Waals surface area contributed by atoms with Crippen molar-refractivity contribution < 1.29 is 4.79 Å². The number of nitrogens with one attached hydrogen (secondary N) is 1. The summed E-state index contributed by atoms with van der Waals surface area (Å²) in [5, 5.41) is 4.47. The average Bonchev–Trinajstić information content (AvgIpc) is 3.01. The lowest BCUT2D eigenvalue weighted by atomic mass is 9.88. The average molecular weight is 354 g/mol. The second kappa shape index (κ2) is 7.47. The number of carbonyl (C=O) groups excluding carboxylic acids is 1. The molecule has 2 fully saturated rings. The van der Waals surface area contributed by atoms with Gasteiger partial charge in [-0.1, -0.05) is 6.07 Å². The summed E-state index contributed by atoms with van der Waals surface area (Å²) in [5.74, 6) is 1.55. The van der Waals surface area contributed by atoms with Crippen molar-refractivity contribution in [2.24, 2.45) is 11.8 Å². The molecule has 1 N–H and O–H groups in total. The standard InChI is InChI=1S/C17H19N3O.2ClH/c21-17(20-7-5-14-9-18-10-15(14)11-20)13-3-4-16-12(8-13)2-1-6-19-16;;/h1-4,6,8,14-15,18H,5,7,9-11H2;2*1H. The number of piperidine rings is 1. The molecule has 0 bridgehead atoms. The Morgan fingerprint density at radius 2 is 2.00 bits per heavy atom. The summed E-state index contributed by atoms with van der Waals surface area (Å²) in [6.07, 6.45) is 2.90. The van der Waals surface area contributed by atoms with E-state index in [2.05, 4.69) is 10.3 Å². The summed E-state index contributed by atoms with van der Waals surface area (Å²) in [6, 6.07) is 9.71. The van der Waals surface area contributed by atoms with E-state index in [9.17, 15) is 4.79 Å². The van der Waals surface area contributed by atoms with Gasteiger partial charge in [-0.15, -0.1) is 24.8 Å². The van der Waals surface area contributed by atoms with E-state index in [0.717, 1.165) is 55.0 Å². The maximum absolute atomic E-state index is 12.7. The topological polar surface area (TPSA) is 45.2 Å². The van der Waals surface area contributed by atoms with Gasteiger partial charge in [0.05, 0.1) is 5.52 Å². The molecule has 4 nitrogen and oxygen atoms in total. The Hall–Kier alpha value is -1.36. The van der Waals surface area contributed by atoms with E-state index in [4.69, 9.17) is 0 Å². The number of fused-ring (bicyclic) bond motifs is 2. The Bertz CT molecular complexity index is 694. The van der Waals surface area contributed by atoms with Crippen LogP contribution in [0.2, 0.25) is 0 Å². The van der Waals surface area contributed by atoms with Crippen LogP contribution in [0.1, 0.15) is 16.8 Å². The monoisotopic (exact) mass is 353 g/mol. The summed E-state index contributed by atoms with van der Waals surface area (Å²) in [7, 11) is 0. The first-order valence-corrected chi connectivity index (χ1v) is 7.66. The molecule has 124 valence electrons. The van der Waals surface area contributed by atoms with Crippen LogP contribution in [0.15, 0.2) is 36.5 Å². The van der Waals surface area contributed by atoms with Gasteiger partial charge in [-0.05, 0) is 55.6 Å². The van der Waals surface area contributed by atoms with Gasteiger partial charge in [-0.25, -0.2) is 0 Å². The largest absolute Gasteiger partial charge is 0.338 e. The van der Waals surface area contributed by atoms with Crippen LogP contribution in [-0.4, -0.2) is 42.0 Å². The minimum absolute atomic E-state index is 0. The molecule has 2 aliphatic heterocycles.